The van der Waals surface area contributed by atoms with Crippen molar-refractivity contribution in [3.05, 3.63) is 224 Å². The number of benzene rings is 10. The highest BCUT2D eigenvalue weighted by atomic mass is 32.1. The fraction of sp³-hybridized carbons (Fsp3) is 0. The van der Waals surface area contributed by atoms with Gasteiger partial charge in [-0.25, -0.2) is 0 Å². The average molecular weight is 832 g/mol. The monoisotopic (exact) mass is 831 g/mol. The van der Waals surface area contributed by atoms with Crippen LogP contribution < -0.4 is 0 Å². The molecule has 14 aromatic rings. The molecular formula is C60H37N3S. The average Bonchev–Trinajstić information content (AvgIpc) is 4.10. The van der Waals surface area contributed by atoms with Crippen molar-refractivity contribution in [3.63, 3.8) is 0 Å². The fourth-order valence-electron chi connectivity index (χ4n) is 10.8. The Bertz CT molecular complexity index is 4140. The van der Waals surface area contributed by atoms with Gasteiger partial charge < -0.3 is 13.7 Å². The van der Waals surface area contributed by atoms with Crippen molar-refractivity contribution >= 4 is 96.9 Å². The molecule has 0 aliphatic carbocycles. The van der Waals surface area contributed by atoms with Gasteiger partial charge in [-0.15, -0.1) is 11.3 Å². The highest BCUT2D eigenvalue weighted by Crippen LogP contribution is 2.46. The van der Waals surface area contributed by atoms with Crippen molar-refractivity contribution in [3.8, 4) is 39.3 Å². The molecule has 14 rings (SSSR count). The van der Waals surface area contributed by atoms with E-state index in [0.29, 0.717) is 0 Å². The Balaban J connectivity index is 0.965. The largest absolute Gasteiger partial charge is 0.309 e. The Hall–Kier alpha value is -8.18. The van der Waals surface area contributed by atoms with E-state index in [9.17, 15) is 0 Å². The number of rotatable bonds is 5. The highest BCUT2D eigenvalue weighted by Gasteiger charge is 2.21. The zero-order valence-electron chi connectivity index (χ0n) is 34.6. The van der Waals surface area contributed by atoms with E-state index in [0.717, 1.165) is 11.4 Å². The van der Waals surface area contributed by atoms with Crippen LogP contribution in [-0.4, -0.2) is 13.7 Å². The smallest absolute Gasteiger partial charge is 0.0555 e. The maximum atomic E-state index is 2.50. The molecule has 0 amide bonds. The van der Waals surface area contributed by atoms with E-state index in [-0.39, 0.29) is 0 Å². The van der Waals surface area contributed by atoms with Crippen LogP contribution in [-0.2, 0) is 0 Å². The second-order valence-electron chi connectivity index (χ2n) is 16.8. The number of nitrogens with zero attached hydrogens (tertiary/aromatic N) is 3. The normalized spacial score (nSPS) is 12.1. The summed E-state index contributed by atoms with van der Waals surface area (Å²) in [5.41, 5.74) is 15.7. The van der Waals surface area contributed by atoms with Gasteiger partial charge >= 0.3 is 0 Å². The molecule has 0 unspecified atom stereocenters. The Labute approximate surface area is 372 Å². The number of para-hydroxylation sites is 4. The van der Waals surface area contributed by atoms with E-state index >= 15 is 0 Å². The first kappa shape index (κ1) is 35.4. The van der Waals surface area contributed by atoms with Crippen LogP contribution in [0.25, 0.3) is 125 Å². The molecule has 3 nitrogen and oxygen atoms in total. The van der Waals surface area contributed by atoms with Gasteiger partial charge in [0.25, 0.3) is 0 Å². The summed E-state index contributed by atoms with van der Waals surface area (Å²) in [6, 6.07) is 82.6. The van der Waals surface area contributed by atoms with Gasteiger partial charge in [-0.1, -0.05) is 152 Å². The molecule has 0 saturated heterocycles. The number of hydrogen-bond acceptors (Lipinski definition) is 1. The number of hydrogen-bond donors (Lipinski definition) is 0. The fourth-order valence-corrected chi connectivity index (χ4v) is 12.0. The molecule has 0 aliphatic heterocycles. The molecule has 0 radical (unpaired) electrons. The van der Waals surface area contributed by atoms with Crippen LogP contribution in [0.2, 0.25) is 0 Å². The maximum Gasteiger partial charge on any atom is 0.0555 e. The van der Waals surface area contributed by atoms with E-state index in [1.54, 1.807) is 0 Å². The van der Waals surface area contributed by atoms with Crippen LogP contribution in [0.15, 0.2) is 224 Å². The van der Waals surface area contributed by atoms with E-state index in [1.165, 1.54) is 114 Å². The van der Waals surface area contributed by atoms with Gasteiger partial charge in [0.15, 0.2) is 0 Å². The van der Waals surface area contributed by atoms with Gasteiger partial charge in [0.05, 0.1) is 38.8 Å². The molecule has 4 aromatic heterocycles. The summed E-state index contributed by atoms with van der Waals surface area (Å²) in [5, 5.41) is 10.1. The third kappa shape index (κ3) is 5.03. The molecular weight excluding hydrogens is 795 g/mol. The van der Waals surface area contributed by atoms with Crippen LogP contribution in [0.5, 0.6) is 0 Å². The molecule has 0 aliphatic rings. The summed E-state index contributed by atoms with van der Waals surface area (Å²) in [6.45, 7) is 0. The van der Waals surface area contributed by atoms with Gasteiger partial charge in [-0.05, 0) is 89.5 Å². The van der Waals surface area contributed by atoms with Crippen LogP contribution >= 0.6 is 11.3 Å². The van der Waals surface area contributed by atoms with Gasteiger partial charge in [-0.2, -0.15) is 0 Å². The second kappa shape index (κ2) is 13.7. The second-order valence-corrected chi connectivity index (χ2v) is 17.9. The Morgan fingerprint density at radius 3 is 1.33 bits per heavy atom. The quantitative estimate of drug-likeness (QED) is 0.164. The third-order valence-electron chi connectivity index (χ3n) is 13.5. The molecule has 0 saturated carbocycles. The van der Waals surface area contributed by atoms with Crippen molar-refractivity contribution in [1.29, 1.82) is 0 Å². The predicted molar refractivity (Wildman–Crippen MR) is 273 cm³/mol. The van der Waals surface area contributed by atoms with Crippen molar-refractivity contribution in [1.82, 2.24) is 13.7 Å². The van der Waals surface area contributed by atoms with Crippen LogP contribution in [0, 0.1) is 0 Å². The summed E-state index contributed by atoms with van der Waals surface area (Å²) < 4.78 is 9.96. The van der Waals surface area contributed by atoms with E-state index in [2.05, 4.69) is 238 Å². The lowest BCUT2D eigenvalue weighted by molar-refractivity contribution is 1.16. The van der Waals surface area contributed by atoms with E-state index in [4.69, 9.17) is 0 Å². The van der Waals surface area contributed by atoms with Crippen molar-refractivity contribution in [2.24, 2.45) is 0 Å². The number of thiophene rings is 1. The molecule has 10 aromatic carbocycles. The number of fused-ring (bicyclic) bond motifs is 12. The summed E-state index contributed by atoms with van der Waals surface area (Å²) in [4.78, 5) is 0. The van der Waals surface area contributed by atoms with Crippen molar-refractivity contribution < 1.29 is 0 Å². The Morgan fingerprint density at radius 1 is 0.281 bits per heavy atom. The topological polar surface area (TPSA) is 14.8 Å². The molecule has 0 spiro atoms. The van der Waals surface area contributed by atoms with Crippen LogP contribution in [0.4, 0.5) is 0 Å². The summed E-state index contributed by atoms with van der Waals surface area (Å²) in [7, 11) is 0. The highest BCUT2D eigenvalue weighted by molar-refractivity contribution is 7.26. The molecule has 0 atom stereocenters. The Kier molecular flexibility index (Phi) is 7.56. The van der Waals surface area contributed by atoms with Gasteiger partial charge in [0, 0.05) is 69.4 Å². The lowest BCUT2D eigenvalue weighted by Gasteiger charge is -2.13. The minimum absolute atomic E-state index is 1.15. The SMILES string of the molecule is c1ccc(-c2ccccc2-c2cccc3c2sc2cccc(-n4c5ccccc5c5cc(-n6c7ccccc7c7cc(-n8c9ccccc9c9ccccc98)ccc76)ccc54)c23)cc1. The molecule has 0 N–H and O–H groups in total. The minimum atomic E-state index is 1.15. The van der Waals surface area contributed by atoms with E-state index < -0.39 is 0 Å². The summed E-state index contributed by atoms with van der Waals surface area (Å²) in [5.74, 6) is 0. The van der Waals surface area contributed by atoms with Crippen LogP contribution in [0.3, 0.4) is 0 Å². The molecule has 4 heteroatoms. The lowest BCUT2D eigenvalue weighted by Crippen LogP contribution is -1.97. The Morgan fingerprint density at radius 2 is 0.719 bits per heavy atom. The van der Waals surface area contributed by atoms with Gasteiger partial charge in [0.1, 0.15) is 0 Å². The zero-order chi connectivity index (χ0) is 41.9. The minimum Gasteiger partial charge on any atom is -0.309 e. The molecule has 298 valence electrons. The molecule has 4 heterocycles. The first-order valence-electron chi connectivity index (χ1n) is 21.9. The lowest BCUT2D eigenvalue weighted by atomic mass is 9.93. The summed E-state index contributed by atoms with van der Waals surface area (Å²) in [6.07, 6.45) is 0. The van der Waals surface area contributed by atoms with Crippen molar-refractivity contribution in [2.75, 3.05) is 0 Å². The molecule has 64 heavy (non-hydrogen) atoms. The van der Waals surface area contributed by atoms with Gasteiger partial charge in [-0.3, -0.25) is 0 Å². The zero-order valence-corrected chi connectivity index (χ0v) is 35.4. The first-order chi connectivity index (χ1) is 31.8. The van der Waals surface area contributed by atoms with Gasteiger partial charge in [0.2, 0.25) is 0 Å². The first-order valence-corrected chi connectivity index (χ1v) is 22.7. The van der Waals surface area contributed by atoms with Crippen molar-refractivity contribution in [2.45, 2.75) is 0 Å². The number of aromatic nitrogens is 3. The standard InChI is InChI=1S/C60H37N3S/c1-2-16-38(17-3-1)41-18-4-5-19-42(41)47-24-14-25-48-59-57(30-15-31-58(59)64-60(47)48)63-54-29-13-9-23-46(54)50-37-40(33-35-56(50)63)62-53-28-12-8-22-45(53)49-36-39(32-34-55(49)62)61-51-26-10-6-20-43(51)44-21-7-11-27-52(44)61/h1-37H. The predicted octanol–water partition coefficient (Wildman–Crippen LogP) is 16.7. The molecule has 0 bridgehead atoms. The maximum absolute atomic E-state index is 2.50. The molecule has 0 fully saturated rings. The van der Waals surface area contributed by atoms with Crippen LogP contribution in [0.1, 0.15) is 0 Å². The third-order valence-corrected chi connectivity index (χ3v) is 14.7. The summed E-state index contributed by atoms with van der Waals surface area (Å²) >= 11 is 1.89. The van der Waals surface area contributed by atoms with E-state index in [1.807, 2.05) is 11.3 Å².